The summed E-state index contributed by atoms with van der Waals surface area (Å²) >= 11 is 1.22. The average molecular weight is 357 g/mol. The summed E-state index contributed by atoms with van der Waals surface area (Å²) in [7, 11) is 0. The fraction of sp³-hybridized carbons (Fsp3) is 0.300. The standard InChI is InChI=1S/C20H20FNO2S/c21-17-8-4-5-9-18(17)25-14-19(23)22-12-10-16(11-13-22)20(24)15-6-2-1-3-7-15/h1-9,16H,10-14H2. The molecule has 0 spiro atoms. The van der Waals surface area contributed by atoms with E-state index in [4.69, 9.17) is 0 Å². The van der Waals surface area contributed by atoms with Crippen LogP contribution in [0.5, 0.6) is 0 Å². The van der Waals surface area contributed by atoms with Gasteiger partial charge in [-0.15, -0.1) is 11.8 Å². The van der Waals surface area contributed by atoms with Crippen molar-refractivity contribution in [1.29, 1.82) is 0 Å². The Morgan fingerprint density at radius 3 is 2.32 bits per heavy atom. The molecule has 0 saturated carbocycles. The number of likely N-dealkylation sites (tertiary alicyclic amines) is 1. The van der Waals surface area contributed by atoms with E-state index in [2.05, 4.69) is 0 Å². The smallest absolute Gasteiger partial charge is 0.232 e. The quantitative estimate of drug-likeness (QED) is 0.599. The van der Waals surface area contributed by atoms with Crippen LogP contribution in [-0.4, -0.2) is 35.4 Å². The molecule has 2 aromatic rings. The van der Waals surface area contributed by atoms with Crippen molar-refractivity contribution in [2.45, 2.75) is 17.7 Å². The van der Waals surface area contributed by atoms with Gasteiger partial charge in [-0.05, 0) is 25.0 Å². The topological polar surface area (TPSA) is 37.4 Å². The summed E-state index contributed by atoms with van der Waals surface area (Å²) in [5.41, 5.74) is 0.738. The molecule has 1 fully saturated rings. The highest BCUT2D eigenvalue weighted by Gasteiger charge is 2.27. The summed E-state index contributed by atoms with van der Waals surface area (Å²) in [4.78, 5) is 27.1. The molecular formula is C20H20FNO2S. The Morgan fingerprint density at radius 1 is 1.00 bits per heavy atom. The normalized spacial score (nSPS) is 15.2. The van der Waals surface area contributed by atoms with Crippen LogP contribution >= 0.6 is 11.8 Å². The number of carbonyl (C=O) groups is 2. The lowest BCUT2D eigenvalue weighted by atomic mass is 9.89. The Balaban J connectivity index is 1.49. The van der Waals surface area contributed by atoms with Gasteiger partial charge in [0.2, 0.25) is 5.91 Å². The van der Waals surface area contributed by atoms with Gasteiger partial charge < -0.3 is 4.90 Å². The van der Waals surface area contributed by atoms with Gasteiger partial charge in [0.25, 0.3) is 0 Å². The second-order valence-electron chi connectivity index (χ2n) is 6.10. The number of rotatable bonds is 5. The van der Waals surface area contributed by atoms with E-state index in [0.29, 0.717) is 30.8 Å². The summed E-state index contributed by atoms with van der Waals surface area (Å²) in [5.74, 6) is 0.0588. The number of ketones is 1. The average Bonchev–Trinajstić information content (AvgIpc) is 2.67. The van der Waals surface area contributed by atoms with Crippen LogP contribution in [0.4, 0.5) is 4.39 Å². The maximum absolute atomic E-state index is 13.6. The fourth-order valence-electron chi connectivity index (χ4n) is 3.02. The van der Waals surface area contributed by atoms with Crippen molar-refractivity contribution in [2.24, 2.45) is 5.92 Å². The van der Waals surface area contributed by atoms with Crippen molar-refractivity contribution in [2.75, 3.05) is 18.8 Å². The van der Waals surface area contributed by atoms with E-state index in [9.17, 15) is 14.0 Å². The van der Waals surface area contributed by atoms with Gasteiger partial charge in [0.15, 0.2) is 5.78 Å². The first-order valence-electron chi connectivity index (χ1n) is 8.39. The molecule has 1 saturated heterocycles. The van der Waals surface area contributed by atoms with E-state index >= 15 is 0 Å². The van der Waals surface area contributed by atoms with E-state index < -0.39 is 0 Å². The van der Waals surface area contributed by atoms with Gasteiger partial charge in [-0.2, -0.15) is 0 Å². The first-order valence-corrected chi connectivity index (χ1v) is 9.38. The molecular weight excluding hydrogens is 337 g/mol. The Labute approximate surface area is 151 Å². The first-order chi connectivity index (χ1) is 12.1. The molecule has 3 rings (SSSR count). The van der Waals surface area contributed by atoms with Crippen LogP contribution in [0.15, 0.2) is 59.5 Å². The van der Waals surface area contributed by atoms with Gasteiger partial charge in [-0.1, -0.05) is 42.5 Å². The predicted molar refractivity (Wildman–Crippen MR) is 97.2 cm³/mol. The molecule has 0 unspecified atom stereocenters. The highest BCUT2D eigenvalue weighted by atomic mass is 32.2. The molecule has 2 aromatic carbocycles. The largest absolute Gasteiger partial charge is 0.342 e. The summed E-state index contributed by atoms with van der Waals surface area (Å²) in [6, 6.07) is 15.8. The maximum Gasteiger partial charge on any atom is 0.232 e. The summed E-state index contributed by atoms with van der Waals surface area (Å²) in [6.45, 7) is 1.17. The van der Waals surface area contributed by atoms with Crippen LogP contribution in [0.25, 0.3) is 0 Å². The lowest BCUT2D eigenvalue weighted by Gasteiger charge is -2.31. The summed E-state index contributed by atoms with van der Waals surface area (Å²) in [6.07, 6.45) is 1.37. The number of nitrogens with zero attached hydrogens (tertiary/aromatic N) is 1. The van der Waals surface area contributed by atoms with E-state index in [1.807, 2.05) is 30.3 Å². The van der Waals surface area contributed by atoms with Crippen molar-refractivity contribution in [3.63, 3.8) is 0 Å². The Bertz CT molecular complexity index is 742. The highest BCUT2D eigenvalue weighted by Crippen LogP contribution is 2.25. The number of halogens is 1. The van der Waals surface area contributed by atoms with Crippen molar-refractivity contribution in [3.05, 3.63) is 66.0 Å². The molecule has 5 heteroatoms. The third-order valence-corrected chi connectivity index (χ3v) is 5.50. The lowest BCUT2D eigenvalue weighted by Crippen LogP contribution is -2.41. The lowest BCUT2D eigenvalue weighted by molar-refractivity contribution is -0.129. The third kappa shape index (κ3) is 4.48. The van der Waals surface area contributed by atoms with Crippen molar-refractivity contribution in [3.8, 4) is 0 Å². The molecule has 0 aromatic heterocycles. The third-order valence-electron chi connectivity index (χ3n) is 4.46. The minimum atomic E-state index is -0.299. The molecule has 0 atom stereocenters. The monoisotopic (exact) mass is 357 g/mol. The minimum Gasteiger partial charge on any atom is -0.342 e. The molecule has 25 heavy (non-hydrogen) atoms. The van der Waals surface area contributed by atoms with Crippen molar-refractivity contribution >= 4 is 23.5 Å². The fourth-order valence-corrected chi connectivity index (χ4v) is 3.86. The zero-order chi connectivity index (χ0) is 17.6. The second-order valence-corrected chi connectivity index (χ2v) is 7.12. The van der Waals surface area contributed by atoms with E-state index in [-0.39, 0.29) is 29.2 Å². The van der Waals surface area contributed by atoms with Gasteiger partial charge in [-0.3, -0.25) is 9.59 Å². The molecule has 0 bridgehead atoms. The van der Waals surface area contributed by atoms with Crippen LogP contribution < -0.4 is 0 Å². The van der Waals surface area contributed by atoms with Gasteiger partial charge in [0.05, 0.1) is 5.75 Å². The van der Waals surface area contributed by atoms with Crippen LogP contribution in [-0.2, 0) is 4.79 Å². The molecule has 1 heterocycles. The number of hydrogen-bond donors (Lipinski definition) is 0. The molecule has 1 aliphatic rings. The van der Waals surface area contributed by atoms with Gasteiger partial charge in [0.1, 0.15) is 5.82 Å². The highest BCUT2D eigenvalue weighted by molar-refractivity contribution is 8.00. The van der Waals surface area contributed by atoms with Crippen LogP contribution in [0.1, 0.15) is 23.2 Å². The van der Waals surface area contributed by atoms with Crippen LogP contribution in [0.2, 0.25) is 0 Å². The minimum absolute atomic E-state index is 0.00105. The van der Waals surface area contributed by atoms with Gasteiger partial charge in [-0.25, -0.2) is 4.39 Å². The Kier molecular flexibility index (Phi) is 5.87. The molecule has 1 amide bonds. The molecule has 1 aliphatic heterocycles. The second kappa shape index (κ2) is 8.30. The molecule has 130 valence electrons. The predicted octanol–water partition coefficient (Wildman–Crippen LogP) is 4.04. The number of carbonyl (C=O) groups excluding carboxylic acids is 2. The van der Waals surface area contributed by atoms with Crippen molar-refractivity contribution < 1.29 is 14.0 Å². The molecule has 0 aliphatic carbocycles. The molecule has 0 N–H and O–H groups in total. The van der Waals surface area contributed by atoms with E-state index in [1.165, 1.54) is 17.8 Å². The number of thioether (sulfide) groups is 1. The number of benzene rings is 2. The Morgan fingerprint density at radius 2 is 1.64 bits per heavy atom. The van der Waals surface area contributed by atoms with Crippen LogP contribution in [0, 0.1) is 11.7 Å². The van der Waals surface area contributed by atoms with E-state index in [0.717, 1.165) is 5.56 Å². The number of hydrogen-bond acceptors (Lipinski definition) is 3. The summed E-state index contributed by atoms with van der Waals surface area (Å²) in [5, 5.41) is 0. The summed E-state index contributed by atoms with van der Waals surface area (Å²) < 4.78 is 13.6. The maximum atomic E-state index is 13.6. The van der Waals surface area contributed by atoms with Gasteiger partial charge in [0, 0.05) is 29.5 Å². The van der Waals surface area contributed by atoms with Crippen LogP contribution in [0.3, 0.4) is 0 Å². The zero-order valence-corrected chi connectivity index (χ0v) is 14.7. The first kappa shape index (κ1) is 17.7. The number of Topliss-reactive ketones (excluding diaryl/α,β-unsaturated/α-hetero) is 1. The number of piperidine rings is 1. The zero-order valence-electron chi connectivity index (χ0n) is 13.9. The Hall–Kier alpha value is -2.14. The van der Waals surface area contributed by atoms with E-state index in [1.54, 1.807) is 23.1 Å². The number of amides is 1. The van der Waals surface area contributed by atoms with Crippen molar-refractivity contribution in [1.82, 2.24) is 4.90 Å². The SMILES string of the molecule is O=C(c1ccccc1)C1CCN(C(=O)CSc2ccccc2F)CC1. The molecule has 0 radical (unpaired) electrons. The molecule has 3 nitrogen and oxygen atoms in total. The van der Waals surface area contributed by atoms with Gasteiger partial charge >= 0.3 is 0 Å².